The van der Waals surface area contributed by atoms with Crippen molar-refractivity contribution in [3.8, 4) is 0 Å². The number of aliphatic hydroxyl groups excluding tert-OH is 1. The van der Waals surface area contributed by atoms with E-state index in [0.29, 0.717) is 6.04 Å². The van der Waals surface area contributed by atoms with Gasteiger partial charge in [0.15, 0.2) is 0 Å². The molecule has 4 rings (SSSR count). The number of hydrogen-bond donors (Lipinski definition) is 2. The zero-order valence-electron chi connectivity index (χ0n) is 17.2. The standard InChI is InChI=1S/C24H33N3O/c1-18(28)20-11-12-23(27-15-13-26(2)14-16-27)24-21(20)9-6-10-22(24)25-17-19-7-4-3-5-8-19/h3-5,7-8,11-12,18,22,25,28H,6,9-10,13-17H2,1-2H3. The van der Waals surface area contributed by atoms with Crippen LogP contribution < -0.4 is 10.2 Å². The molecule has 1 fully saturated rings. The highest BCUT2D eigenvalue weighted by molar-refractivity contribution is 5.62. The SMILES string of the molecule is CC(O)c1ccc(N2CCN(C)CC2)c2c1CCCC2NCc1ccccc1. The summed E-state index contributed by atoms with van der Waals surface area (Å²) < 4.78 is 0. The predicted octanol–water partition coefficient (Wildman–Crippen LogP) is 3.66. The average Bonchev–Trinajstić information content (AvgIpc) is 2.72. The summed E-state index contributed by atoms with van der Waals surface area (Å²) in [5.74, 6) is 0. The van der Waals surface area contributed by atoms with Crippen molar-refractivity contribution < 1.29 is 5.11 Å². The van der Waals surface area contributed by atoms with Gasteiger partial charge < -0.3 is 20.2 Å². The summed E-state index contributed by atoms with van der Waals surface area (Å²) in [6, 6.07) is 15.4. The van der Waals surface area contributed by atoms with Crippen LogP contribution in [0.3, 0.4) is 0 Å². The van der Waals surface area contributed by atoms with Crippen molar-refractivity contribution in [3.63, 3.8) is 0 Å². The molecule has 28 heavy (non-hydrogen) atoms. The summed E-state index contributed by atoms with van der Waals surface area (Å²) in [6.45, 7) is 7.13. The first kappa shape index (κ1) is 19.4. The fraction of sp³-hybridized carbons (Fsp3) is 0.500. The monoisotopic (exact) mass is 379 g/mol. The number of likely N-dealkylation sites (N-methyl/N-ethyl adjacent to an activating group) is 1. The lowest BCUT2D eigenvalue weighted by molar-refractivity contribution is 0.197. The van der Waals surface area contributed by atoms with Gasteiger partial charge in [0.2, 0.25) is 0 Å². The van der Waals surface area contributed by atoms with E-state index < -0.39 is 6.10 Å². The highest BCUT2D eigenvalue weighted by atomic mass is 16.3. The third-order valence-corrected chi connectivity index (χ3v) is 6.33. The largest absolute Gasteiger partial charge is 0.389 e. The van der Waals surface area contributed by atoms with Crippen molar-refractivity contribution >= 4 is 5.69 Å². The molecule has 1 aliphatic carbocycles. The lowest BCUT2D eigenvalue weighted by Gasteiger charge is -2.39. The molecular weight excluding hydrogens is 346 g/mol. The molecule has 2 N–H and O–H groups in total. The van der Waals surface area contributed by atoms with Gasteiger partial charge in [0.05, 0.1) is 6.10 Å². The number of benzene rings is 2. The van der Waals surface area contributed by atoms with E-state index in [9.17, 15) is 5.11 Å². The van der Waals surface area contributed by atoms with Crippen LogP contribution in [0.15, 0.2) is 42.5 Å². The third-order valence-electron chi connectivity index (χ3n) is 6.33. The topological polar surface area (TPSA) is 38.7 Å². The highest BCUT2D eigenvalue weighted by Crippen LogP contribution is 2.40. The van der Waals surface area contributed by atoms with E-state index in [-0.39, 0.29) is 0 Å². The fourth-order valence-corrected chi connectivity index (χ4v) is 4.72. The number of aliphatic hydroxyl groups is 1. The highest BCUT2D eigenvalue weighted by Gasteiger charge is 2.29. The summed E-state index contributed by atoms with van der Waals surface area (Å²) in [7, 11) is 2.20. The fourth-order valence-electron chi connectivity index (χ4n) is 4.72. The van der Waals surface area contributed by atoms with Crippen molar-refractivity contribution in [2.75, 3.05) is 38.1 Å². The van der Waals surface area contributed by atoms with Crippen LogP contribution in [0.5, 0.6) is 0 Å². The minimum absolute atomic E-state index is 0.345. The Morgan fingerprint density at radius 3 is 2.54 bits per heavy atom. The van der Waals surface area contributed by atoms with Gasteiger partial charge in [-0.15, -0.1) is 0 Å². The van der Waals surface area contributed by atoms with Crippen LogP contribution >= 0.6 is 0 Å². The molecule has 2 atom stereocenters. The molecule has 0 bridgehead atoms. The van der Waals surface area contributed by atoms with E-state index in [4.69, 9.17) is 0 Å². The minimum atomic E-state index is -0.414. The normalized spacial score (nSPS) is 21.4. The maximum absolute atomic E-state index is 10.4. The van der Waals surface area contributed by atoms with Crippen LogP contribution in [0.2, 0.25) is 0 Å². The van der Waals surface area contributed by atoms with Gasteiger partial charge in [-0.3, -0.25) is 0 Å². The number of fused-ring (bicyclic) bond motifs is 1. The van der Waals surface area contributed by atoms with Crippen molar-refractivity contribution in [2.24, 2.45) is 0 Å². The molecule has 1 saturated heterocycles. The van der Waals surface area contributed by atoms with Gasteiger partial charge in [-0.25, -0.2) is 0 Å². The van der Waals surface area contributed by atoms with Crippen molar-refractivity contribution in [1.29, 1.82) is 0 Å². The molecule has 4 heteroatoms. The van der Waals surface area contributed by atoms with E-state index in [1.54, 1.807) is 0 Å². The van der Waals surface area contributed by atoms with Crippen LogP contribution in [0.1, 0.15) is 54.2 Å². The molecule has 0 aromatic heterocycles. The summed E-state index contributed by atoms with van der Waals surface area (Å²) in [5.41, 5.74) is 6.62. The molecule has 0 amide bonds. The first-order chi connectivity index (χ1) is 13.6. The van der Waals surface area contributed by atoms with E-state index in [2.05, 4.69) is 64.6 Å². The van der Waals surface area contributed by atoms with E-state index >= 15 is 0 Å². The summed E-state index contributed by atoms with van der Waals surface area (Å²) in [5, 5.41) is 14.2. The number of anilines is 1. The second-order valence-electron chi connectivity index (χ2n) is 8.34. The number of piperazine rings is 1. The van der Waals surface area contributed by atoms with E-state index in [1.165, 1.54) is 28.8 Å². The molecular formula is C24H33N3O. The van der Waals surface area contributed by atoms with Crippen LogP contribution in [-0.2, 0) is 13.0 Å². The molecule has 2 aromatic carbocycles. The Morgan fingerprint density at radius 1 is 1.07 bits per heavy atom. The van der Waals surface area contributed by atoms with Crippen LogP contribution in [-0.4, -0.2) is 43.2 Å². The molecule has 0 saturated carbocycles. The zero-order valence-corrected chi connectivity index (χ0v) is 17.2. The minimum Gasteiger partial charge on any atom is -0.389 e. The second kappa shape index (κ2) is 8.64. The van der Waals surface area contributed by atoms with Gasteiger partial charge in [0.1, 0.15) is 0 Å². The second-order valence-corrected chi connectivity index (χ2v) is 8.34. The molecule has 2 aliphatic rings. The zero-order chi connectivity index (χ0) is 19.5. The molecule has 2 unspecified atom stereocenters. The Bertz CT molecular complexity index is 782. The summed E-state index contributed by atoms with van der Waals surface area (Å²) in [6.07, 6.45) is 2.98. The smallest absolute Gasteiger partial charge is 0.0764 e. The maximum atomic E-state index is 10.4. The maximum Gasteiger partial charge on any atom is 0.0764 e. The van der Waals surface area contributed by atoms with Crippen LogP contribution in [0, 0.1) is 0 Å². The Morgan fingerprint density at radius 2 is 1.82 bits per heavy atom. The van der Waals surface area contributed by atoms with Gasteiger partial charge in [0, 0.05) is 44.5 Å². The van der Waals surface area contributed by atoms with Gasteiger partial charge in [-0.2, -0.15) is 0 Å². The lowest BCUT2D eigenvalue weighted by atomic mass is 9.82. The van der Waals surface area contributed by atoms with E-state index in [0.717, 1.165) is 51.1 Å². The Kier molecular flexibility index (Phi) is 6.00. The Labute approximate surface area is 169 Å². The molecule has 2 aromatic rings. The molecule has 0 radical (unpaired) electrons. The average molecular weight is 380 g/mol. The number of nitrogens with one attached hydrogen (secondary N) is 1. The Hall–Kier alpha value is -1.88. The van der Waals surface area contributed by atoms with Gasteiger partial charge in [-0.1, -0.05) is 36.4 Å². The third kappa shape index (κ3) is 4.09. The van der Waals surface area contributed by atoms with Crippen molar-refractivity contribution in [2.45, 2.75) is 44.9 Å². The predicted molar refractivity (Wildman–Crippen MR) is 116 cm³/mol. The molecule has 1 aliphatic heterocycles. The van der Waals surface area contributed by atoms with Gasteiger partial charge >= 0.3 is 0 Å². The molecule has 4 nitrogen and oxygen atoms in total. The molecule has 1 heterocycles. The molecule has 0 spiro atoms. The van der Waals surface area contributed by atoms with Gasteiger partial charge in [0.25, 0.3) is 0 Å². The van der Waals surface area contributed by atoms with Crippen molar-refractivity contribution in [3.05, 3.63) is 64.7 Å². The Balaban J connectivity index is 1.66. The van der Waals surface area contributed by atoms with Crippen LogP contribution in [0.25, 0.3) is 0 Å². The summed E-state index contributed by atoms with van der Waals surface area (Å²) in [4.78, 5) is 4.95. The number of rotatable bonds is 5. The van der Waals surface area contributed by atoms with Crippen molar-refractivity contribution in [1.82, 2.24) is 10.2 Å². The van der Waals surface area contributed by atoms with Crippen LogP contribution in [0.4, 0.5) is 5.69 Å². The number of hydrogen-bond acceptors (Lipinski definition) is 4. The first-order valence-electron chi connectivity index (χ1n) is 10.7. The lowest BCUT2D eigenvalue weighted by Crippen LogP contribution is -2.45. The first-order valence-corrected chi connectivity index (χ1v) is 10.7. The van der Waals surface area contributed by atoms with E-state index in [1.807, 2.05) is 6.92 Å². The quantitative estimate of drug-likeness (QED) is 0.832. The number of nitrogens with zero attached hydrogens (tertiary/aromatic N) is 2. The van der Waals surface area contributed by atoms with Gasteiger partial charge in [-0.05, 0) is 61.6 Å². The molecule has 150 valence electrons. The summed E-state index contributed by atoms with van der Waals surface area (Å²) >= 11 is 0.